The number of nitrogens with zero attached hydrogens (tertiary/aromatic N) is 2. The van der Waals surface area contributed by atoms with E-state index >= 15 is 0 Å². The number of hydrogen-bond donors (Lipinski definition) is 1. The molecule has 1 atom stereocenters. The third-order valence-electron chi connectivity index (χ3n) is 4.41. The van der Waals surface area contributed by atoms with Gasteiger partial charge in [0.2, 0.25) is 0 Å². The smallest absolute Gasteiger partial charge is 0.251 e. The molecule has 1 unspecified atom stereocenters. The summed E-state index contributed by atoms with van der Waals surface area (Å²) in [6.45, 7) is 1.54. The van der Waals surface area contributed by atoms with Gasteiger partial charge < -0.3 is 5.32 Å². The van der Waals surface area contributed by atoms with Crippen molar-refractivity contribution < 1.29 is 4.79 Å². The van der Waals surface area contributed by atoms with Gasteiger partial charge in [0.15, 0.2) is 0 Å². The van der Waals surface area contributed by atoms with Gasteiger partial charge in [-0.25, -0.2) is 4.98 Å². The number of thiazole rings is 1. The number of rotatable bonds is 3. The topological polar surface area (TPSA) is 45.2 Å². The van der Waals surface area contributed by atoms with Crippen LogP contribution in [0.15, 0.2) is 48.0 Å². The lowest BCUT2D eigenvalue weighted by Crippen LogP contribution is -2.32. The van der Waals surface area contributed by atoms with Crippen LogP contribution < -0.4 is 5.32 Å². The van der Waals surface area contributed by atoms with E-state index in [2.05, 4.69) is 46.5 Å². The molecule has 1 N–H and O–H groups in total. The maximum absolute atomic E-state index is 12.4. The van der Waals surface area contributed by atoms with Crippen molar-refractivity contribution in [2.45, 2.75) is 12.6 Å². The summed E-state index contributed by atoms with van der Waals surface area (Å²) in [5.74, 6) is -0.0438. The second-order valence-corrected chi connectivity index (χ2v) is 6.76. The molecule has 1 aliphatic heterocycles. The molecule has 1 amide bonds. The van der Waals surface area contributed by atoms with E-state index < -0.39 is 0 Å². The Morgan fingerprint density at radius 2 is 2.22 bits per heavy atom. The van der Waals surface area contributed by atoms with Crippen LogP contribution in [0.5, 0.6) is 0 Å². The maximum atomic E-state index is 12.4. The standard InChI is InChI=1S/C18H17N3OS/c1-21-10-13-4-2-3-5-14(13)16(21)9-19-18(22)12-6-7-17-15(8-12)20-11-23-17/h2-8,11,16H,9-10H2,1H3,(H,19,22). The van der Waals surface area contributed by atoms with Gasteiger partial charge in [0, 0.05) is 18.7 Å². The molecular weight excluding hydrogens is 306 g/mol. The van der Waals surface area contributed by atoms with Gasteiger partial charge in [0.1, 0.15) is 0 Å². The van der Waals surface area contributed by atoms with Crippen LogP contribution >= 0.6 is 11.3 Å². The molecule has 0 aliphatic carbocycles. The van der Waals surface area contributed by atoms with Crippen LogP contribution in [-0.4, -0.2) is 29.4 Å². The SMILES string of the molecule is CN1Cc2ccccc2C1CNC(=O)c1ccc2scnc2c1. The largest absolute Gasteiger partial charge is 0.350 e. The number of likely N-dealkylation sites (N-methyl/N-ethyl adjacent to an activating group) is 1. The first kappa shape index (κ1) is 14.4. The zero-order valence-corrected chi connectivity index (χ0v) is 13.6. The third-order valence-corrected chi connectivity index (χ3v) is 5.22. The molecule has 0 saturated heterocycles. The number of carbonyl (C=O) groups excluding carboxylic acids is 1. The number of aromatic nitrogens is 1. The Labute approximate surface area is 138 Å². The Hall–Kier alpha value is -2.24. The van der Waals surface area contributed by atoms with Crippen molar-refractivity contribution in [1.82, 2.24) is 15.2 Å². The zero-order valence-electron chi connectivity index (χ0n) is 12.8. The van der Waals surface area contributed by atoms with Crippen molar-refractivity contribution in [2.24, 2.45) is 0 Å². The summed E-state index contributed by atoms with van der Waals surface area (Å²) in [6, 6.07) is 14.3. The fourth-order valence-electron chi connectivity index (χ4n) is 3.18. The molecule has 3 aromatic rings. The highest BCUT2D eigenvalue weighted by molar-refractivity contribution is 7.16. The van der Waals surface area contributed by atoms with Gasteiger partial charge >= 0.3 is 0 Å². The van der Waals surface area contributed by atoms with Crippen molar-refractivity contribution in [3.63, 3.8) is 0 Å². The van der Waals surface area contributed by atoms with Crippen molar-refractivity contribution in [1.29, 1.82) is 0 Å². The highest BCUT2D eigenvalue weighted by atomic mass is 32.1. The highest BCUT2D eigenvalue weighted by Crippen LogP contribution is 2.31. The van der Waals surface area contributed by atoms with Crippen molar-refractivity contribution in [3.8, 4) is 0 Å². The van der Waals surface area contributed by atoms with Crippen molar-refractivity contribution >= 4 is 27.5 Å². The van der Waals surface area contributed by atoms with Crippen LogP contribution in [0, 0.1) is 0 Å². The molecule has 4 rings (SSSR count). The molecule has 0 spiro atoms. The van der Waals surface area contributed by atoms with E-state index in [1.807, 2.05) is 18.2 Å². The number of benzene rings is 2. The quantitative estimate of drug-likeness (QED) is 0.805. The average Bonchev–Trinajstić information content (AvgIpc) is 3.15. The first-order valence-corrected chi connectivity index (χ1v) is 8.50. The molecule has 23 heavy (non-hydrogen) atoms. The molecule has 116 valence electrons. The van der Waals surface area contributed by atoms with E-state index in [1.165, 1.54) is 11.1 Å². The van der Waals surface area contributed by atoms with E-state index in [1.54, 1.807) is 16.8 Å². The molecule has 2 aromatic carbocycles. The van der Waals surface area contributed by atoms with Crippen LogP contribution in [0.4, 0.5) is 0 Å². The van der Waals surface area contributed by atoms with Gasteiger partial charge in [0.25, 0.3) is 5.91 Å². The summed E-state index contributed by atoms with van der Waals surface area (Å²) >= 11 is 1.58. The van der Waals surface area contributed by atoms with E-state index in [-0.39, 0.29) is 11.9 Å². The molecule has 5 heteroatoms. The fourth-order valence-corrected chi connectivity index (χ4v) is 3.83. The van der Waals surface area contributed by atoms with E-state index in [4.69, 9.17) is 0 Å². The minimum absolute atomic E-state index is 0.0438. The first-order chi connectivity index (χ1) is 11.2. The lowest BCUT2D eigenvalue weighted by molar-refractivity contribution is 0.0941. The van der Waals surface area contributed by atoms with Crippen LogP contribution in [-0.2, 0) is 6.54 Å². The highest BCUT2D eigenvalue weighted by Gasteiger charge is 2.27. The predicted molar refractivity (Wildman–Crippen MR) is 92.6 cm³/mol. The summed E-state index contributed by atoms with van der Waals surface area (Å²) in [4.78, 5) is 19.0. The molecule has 0 bridgehead atoms. The molecule has 0 saturated carbocycles. The van der Waals surface area contributed by atoms with Gasteiger partial charge in [-0.3, -0.25) is 9.69 Å². The third kappa shape index (κ3) is 2.62. The van der Waals surface area contributed by atoms with Crippen LogP contribution in [0.3, 0.4) is 0 Å². The molecule has 4 nitrogen and oxygen atoms in total. The molecule has 2 heterocycles. The molecular formula is C18H17N3OS. The first-order valence-electron chi connectivity index (χ1n) is 7.62. The fraction of sp³-hybridized carbons (Fsp3) is 0.222. The minimum atomic E-state index is -0.0438. The Morgan fingerprint density at radius 3 is 3.13 bits per heavy atom. The number of carbonyl (C=O) groups is 1. The van der Waals surface area contributed by atoms with Gasteiger partial charge in [-0.05, 0) is 36.4 Å². The Balaban J connectivity index is 1.49. The van der Waals surface area contributed by atoms with Gasteiger partial charge in [0.05, 0.1) is 21.8 Å². The average molecular weight is 323 g/mol. The van der Waals surface area contributed by atoms with E-state index in [0.717, 1.165) is 16.8 Å². The lowest BCUT2D eigenvalue weighted by atomic mass is 10.0. The number of hydrogen-bond acceptors (Lipinski definition) is 4. The number of amides is 1. The monoisotopic (exact) mass is 323 g/mol. The molecule has 1 aliphatic rings. The summed E-state index contributed by atoms with van der Waals surface area (Å²) < 4.78 is 1.10. The van der Waals surface area contributed by atoms with Crippen molar-refractivity contribution in [3.05, 3.63) is 64.7 Å². The Bertz CT molecular complexity index is 873. The minimum Gasteiger partial charge on any atom is -0.350 e. The summed E-state index contributed by atoms with van der Waals surface area (Å²) in [6.07, 6.45) is 0. The molecule has 1 aromatic heterocycles. The molecule has 0 fully saturated rings. The van der Waals surface area contributed by atoms with Gasteiger partial charge in [-0.2, -0.15) is 0 Å². The van der Waals surface area contributed by atoms with Gasteiger partial charge in [-0.15, -0.1) is 11.3 Å². The van der Waals surface area contributed by atoms with E-state index in [0.29, 0.717) is 12.1 Å². The van der Waals surface area contributed by atoms with E-state index in [9.17, 15) is 4.79 Å². The Kier molecular flexibility index (Phi) is 3.59. The lowest BCUT2D eigenvalue weighted by Gasteiger charge is -2.20. The summed E-state index contributed by atoms with van der Waals surface area (Å²) in [5.41, 5.74) is 6.00. The summed E-state index contributed by atoms with van der Waals surface area (Å²) in [7, 11) is 2.10. The van der Waals surface area contributed by atoms with Crippen LogP contribution in [0.2, 0.25) is 0 Å². The number of nitrogens with one attached hydrogen (secondary N) is 1. The van der Waals surface area contributed by atoms with Gasteiger partial charge in [-0.1, -0.05) is 24.3 Å². The number of fused-ring (bicyclic) bond motifs is 2. The second kappa shape index (κ2) is 5.76. The van der Waals surface area contributed by atoms with Crippen molar-refractivity contribution in [2.75, 3.05) is 13.6 Å². The normalized spacial score (nSPS) is 17.3. The Morgan fingerprint density at radius 1 is 1.35 bits per heavy atom. The summed E-state index contributed by atoms with van der Waals surface area (Å²) in [5, 5.41) is 3.06. The second-order valence-electron chi connectivity index (χ2n) is 5.87. The predicted octanol–water partition coefficient (Wildman–Crippen LogP) is 3.21. The zero-order chi connectivity index (χ0) is 15.8. The van der Waals surface area contributed by atoms with Crippen LogP contribution in [0.1, 0.15) is 27.5 Å². The molecule has 0 radical (unpaired) electrons. The maximum Gasteiger partial charge on any atom is 0.251 e. The van der Waals surface area contributed by atoms with Crippen LogP contribution in [0.25, 0.3) is 10.2 Å².